The van der Waals surface area contributed by atoms with Crippen LogP contribution in [0.5, 0.6) is 5.88 Å². The molecule has 0 unspecified atom stereocenters. The largest absolute Gasteiger partial charge is 0.481 e. The average Bonchev–Trinajstić information content (AvgIpc) is 3.25. The van der Waals surface area contributed by atoms with Gasteiger partial charge in [-0.25, -0.2) is 18.1 Å². The minimum Gasteiger partial charge on any atom is -0.481 e. The number of sulfone groups is 1. The Labute approximate surface area is 179 Å². The van der Waals surface area contributed by atoms with Gasteiger partial charge in [-0.2, -0.15) is 5.10 Å². The summed E-state index contributed by atoms with van der Waals surface area (Å²) in [4.78, 5) is 16.8. The van der Waals surface area contributed by atoms with Crippen LogP contribution in [0.4, 0.5) is 0 Å². The van der Waals surface area contributed by atoms with Crippen LogP contribution in [0.2, 0.25) is 0 Å². The van der Waals surface area contributed by atoms with Gasteiger partial charge in [-0.3, -0.25) is 4.79 Å². The van der Waals surface area contributed by atoms with E-state index in [1.54, 1.807) is 68.2 Å². The van der Waals surface area contributed by atoms with Crippen LogP contribution in [0.1, 0.15) is 0 Å². The molecule has 0 N–H and O–H groups in total. The Balaban J connectivity index is 1.87. The summed E-state index contributed by atoms with van der Waals surface area (Å²) in [5.41, 5.74) is 3.21. The van der Waals surface area contributed by atoms with Crippen molar-refractivity contribution in [2.75, 3.05) is 13.4 Å². The molecule has 3 aromatic heterocycles. The van der Waals surface area contributed by atoms with E-state index in [1.807, 2.05) is 6.07 Å². The zero-order chi connectivity index (χ0) is 22.2. The molecule has 9 heteroatoms. The van der Waals surface area contributed by atoms with E-state index >= 15 is 0 Å². The molecule has 31 heavy (non-hydrogen) atoms. The fourth-order valence-electron chi connectivity index (χ4n) is 3.31. The summed E-state index contributed by atoms with van der Waals surface area (Å²) in [6.07, 6.45) is 7.91. The number of aromatic nitrogens is 4. The van der Waals surface area contributed by atoms with Crippen molar-refractivity contribution in [3.05, 3.63) is 77.6 Å². The van der Waals surface area contributed by atoms with Gasteiger partial charge in [0.25, 0.3) is 5.56 Å². The van der Waals surface area contributed by atoms with E-state index < -0.39 is 9.84 Å². The van der Waals surface area contributed by atoms with Gasteiger partial charge in [0.05, 0.1) is 23.9 Å². The van der Waals surface area contributed by atoms with Crippen molar-refractivity contribution in [3.8, 4) is 33.8 Å². The van der Waals surface area contributed by atoms with Crippen molar-refractivity contribution in [1.29, 1.82) is 0 Å². The molecule has 8 nitrogen and oxygen atoms in total. The molecular formula is C22H20N4O4S. The van der Waals surface area contributed by atoms with Crippen LogP contribution < -0.4 is 10.3 Å². The van der Waals surface area contributed by atoms with Crippen LogP contribution in [0.15, 0.2) is 76.9 Å². The Morgan fingerprint density at radius 2 is 1.74 bits per heavy atom. The molecule has 0 saturated heterocycles. The first kappa shape index (κ1) is 20.5. The molecule has 158 valence electrons. The number of benzene rings is 1. The first-order valence-corrected chi connectivity index (χ1v) is 11.2. The van der Waals surface area contributed by atoms with Crippen molar-refractivity contribution >= 4 is 9.84 Å². The highest BCUT2D eigenvalue weighted by Gasteiger charge is 2.17. The van der Waals surface area contributed by atoms with Crippen molar-refractivity contribution in [1.82, 2.24) is 19.3 Å². The first-order chi connectivity index (χ1) is 14.8. The SMILES string of the molecule is COc1ccc(-c2cc(=O)n(C)cc2-c2cnn(-c3ccccc3S(C)(=O)=O)c2)cn1. The lowest BCUT2D eigenvalue weighted by atomic mass is 9.99. The number of pyridine rings is 2. The Hall–Kier alpha value is -3.72. The minimum atomic E-state index is -3.43. The van der Waals surface area contributed by atoms with E-state index in [0.29, 0.717) is 17.1 Å². The van der Waals surface area contributed by atoms with Gasteiger partial charge < -0.3 is 9.30 Å². The van der Waals surface area contributed by atoms with Crippen LogP contribution in [0.3, 0.4) is 0 Å². The number of aryl methyl sites for hydroxylation is 1. The third-order valence-electron chi connectivity index (χ3n) is 4.89. The fourth-order valence-corrected chi connectivity index (χ4v) is 4.18. The predicted octanol–water partition coefficient (Wildman–Crippen LogP) is 2.71. The topological polar surface area (TPSA) is 96.1 Å². The average molecular weight is 436 g/mol. The molecule has 4 aromatic rings. The molecule has 1 aromatic carbocycles. The molecule has 0 atom stereocenters. The van der Waals surface area contributed by atoms with E-state index in [0.717, 1.165) is 22.9 Å². The molecule has 3 heterocycles. The Bertz CT molecular complexity index is 1420. The second kappa shape index (κ2) is 7.84. The molecule has 0 aliphatic heterocycles. The van der Waals surface area contributed by atoms with Gasteiger partial charge in [-0.05, 0) is 23.8 Å². The normalized spacial score (nSPS) is 11.5. The second-order valence-electron chi connectivity index (χ2n) is 7.05. The zero-order valence-corrected chi connectivity index (χ0v) is 18.0. The Kier molecular flexibility index (Phi) is 5.20. The molecule has 0 saturated carbocycles. The van der Waals surface area contributed by atoms with Crippen LogP contribution >= 0.6 is 0 Å². The zero-order valence-electron chi connectivity index (χ0n) is 17.2. The molecule has 0 radical (unpaired) electrons. The second-order valence-corrected chi connectivity index (χ2v) is 9.04. The Morgan fingerprint density at radius 1 is 0.968 bits per heavy atom. The van der Waals surface area contributed by atoms with E-state index in [4.69, 9.17) is 4.74 Å². The van der Waals surface area contributed by atoms with Gasteiger partial charge in [0.2, 0.25) is 5.88 Å². The number of hydrogen-bond donors (Lipinski definition) is 0. The quantitative estimate of drug-likeness (QED) is 0.477. The number of rotatable bonds is 5. The molecule has 0 aliphatic carbocycles. The number of methoxy groups -OCH3 is 1. The lowest BCUT2D eigenvalue weighted by molar-refractivity contribution is 0.398. The van der Waals surface area contributed by atoms with Crippen LogP contribution in [-0.2, 0) is 16.9 Å². The number of ether oxygens (including phenoxy) is 1. The Morgan fingerprint density at radius 3 is 2.42 bits per heavy atom. The van der Waals surface area contributed by atoms with Crippen LogP contribution in [0.25, 0.3) is 27.9 Å². The lowest BCUT2D eigenvalue weighted by Gasteiger charge is -2.11. The molecular weight excluding hydrogens is 416 g/mol. The van der Waals surface area contributed by atoms with Gasteiger partial charge in [-0.1, -0.05) is 12.1 Å². The summed E-state index contributed by atoms with van der Waals surface area (Å²) in [5.74, 6) is 0.472. The summed E-state index contributed by atoms with van der Waals surface area (Å²) in [6, 6.07) is 11.8. The number of hydrogen-bond acceptors (Lipinski definition) is 6. The molecule has 0 bridgehead atoms. The van der Waals surface area contributed by atoms with Gasteiger partial charge in [0, 0.05) is 60.7 Å². The van der Waals surface area contributed by atoms with Gasteiger partial charge in [-0.15, -0.1) is 0 Å². The highest BCUT2D eigenvalue weighted by Crippen LogP contribution is 2.32. The summed E-state index contributed by atoms with van der Waals surface area (Å²) in [7, 11) is -0.225. The molecule has 0 fully saturated rings. The van der Waals surface area contributed by atoms with Crippen LogP contribution in [-0.4, -0.2) is 41.1 Å². The van der Waals surface area contributed by atoms with Crippen molar-refractivity contribution in [2.45, 2.75) is 4.90 Å². The lowest BCUT2D eigenvalue weighted by Crippen LogP contribution is -2.15. The third kappa shape index (κ3) is 3.99. The summed E-state index contributed by atoms with van der Waals surface area (Å²) in [6.45, 7) is 0. The van der Waals surface area contributed by atoms with E-state index in [1.165, 1.54) is 16.4 Å². The molecule has 0 spiro atoms. The number of para-hydroxylation sites is 1. The van der Waals surface area contributed by atoms with Gasteiger partial charge in [0.1, 0.15) is 0 Å². The minimum absolute atomic E-state index is 0.163. The van der Waals surface area contributed by atoms with Crippen molar-refractivity contribution < 1.29 is 13.2 Å². The first-order valence-electron chi connectivity index (χ1n) is 9.33. The van der Waals surface area contributed by atoms with Crippen LogP contribution in [0, 0.1) is 0 Å². The van der Waals surface area contributed by atoms with Crippen molar-refractivity contribution in [2.24, 2.45) is 7.05 Å². The van der Waals surface area contributed by atoms with Gasteiger partial charge in [0.15, 0.2) is 9.84 Å². The molecule has 0 aliphatic rings. The smallest absolute Gasteiger partial charge is 0.250 e. The number of nitrogens with zero attached hydrogens (tertiary/aromatic N) is 4. The summed E-state index contributed by atoms with van der Waals surface area (Å²) in [5, 5.41) is 4.38. The highest BCUT2D eigenvalue weighted by molar-refractivity contribution is 7.90. The molecule has 0 amide bonds. The standard InChI is InChI=1S/C22H20N4O4S/c1-25-14-18(17(10-22(25)27)15-8-9-21(30-2)23-11-15)16-12-24-26(13-16)19-6-4-5-7-20(19)31(3,28)29/h4-14H,1-3H3. The summed E-state index contributed by atoms with van der Waals surface area (Å²) >= 11 is 0. The summed E-state index contributed by atoms with van der Waals surface area (Å²) < 4.78 is 32.5. The maximum absolute atomic E-state index is 12.3. The van der Waals surface area contributed by atoms with E-state index in [9.17, 15) is 13.2 Å². The maximum Gasteiger partial charge on any atom is 0.250 e. The third-order valence-corrected chi connectivity index (χ3v) is 6.03. The molecule has 4 rings (SSSR count). The highest BCUT2D eigenvalue weighted by atomic mass is 32.2. The fraction of sp³-hybridized carbons (Fsp3) is 0.136. The van der Waals surface area contributed by atoms with Crippen molar-refractivity contribution in [3.63, 3.8) is 0 Å². The van der Waals surface area contributed by atoms with E-state index in [2.05, 4.69) is 10.1 Å². The maximum atomic E-state index is 12.3. The van der Waals surface area contributed by atoms with Gasteiger partial charge >= 0.3 is 0 Å². The predicted molar refractivity (Wildman–Crippen MR) is 117 cm³/mol. The van der Waals surface area contributed by atoms with E-state index in [-0.39, 0.29) is 10.5 Å². The monoisotopic (exact) mass is 436 g/mol.